The van der Waals surface area contributed by atoms with Crippen LogP contribution in [-0.2, 0) is 4.74 Å². The van der Waals surface area contributed by atoms with Crippen molar-refractivity contribution in [3.8, 4) is 0 Å². The molecule has 2 amide bonds. The zero-order valence-electron chi connectivity index (χ0n) is 12.9. The Morgan fingerprint density at radius 2 is 1.95 bits per heavy atom. The first kappa shape index (κ1) is 14.4. The minimum atomic E-state index is -0.0891. The Kier molecular flexibility index (Phi) is 3.89. The van der Waals surface area contributed by atoms with Gasteiger partial charge in [-0.05, 0) is 68.2 Å². The van der Waals surface area contributed by atoms with Crippen molar-refractivity contribution in [2.24, 2.45) is 5.41 Å². The van der Waals surface area contributed by atoms with Crippen molar-refractivity contribution in [3.63, 3.8) is 0 Å². The van der Waals surface area contributed by atoms with Crippen molar-refractivity contribution in [1.82, 2.24) is 5.32 Å². The van der Waals surface area contributed by atoms with Crippen LogP contribution in [0.1, 0.15) is 36.8 Å². The molecule has 0 aromatic heterocycles. The van der Waals surface area contributed by atoms with E-state index < -0.39 is 0 Å². The third-order valence-corrected chi connectivity index (χ3v) is 5.23. The smallest absolute Gasteiger partial charge is 0.319 e. The number of anilines is 1. The topological polar surface area (TPSA) is 50.4 Å². The Morgan fingerprint density at radius 1 is 1.19 bits per heavy atom. The van der Waals surface area contributed by atoms with Crippen molar-refractivity contribution in [3.05, 3.63) is 29.3 Å². The standard InChI is InChI=1S/C17H24N2O2/c1-12-3-4-14(11-13(12)2)18-16(20)19-15-5-6-17(15)7-9-21-10-8-17/h3-4,11,15H,5-10H2,1-2H3,(H2,18,19,20). The van der Waals surface area contributed by atoms with Gasteiger partial charge in [0.1, 0.15) is 0 Å². The summed E-state index contributed by atoms with van der Waals surface area (Å²) in [7, 11) is 0. The maximum absolute atomic E-state index is 12.2. The van der Waals surface area contributed by atoms with Gasteiger partial charge in [0, 0.05) is 24.9 Å². The fourth-order valence-electron chi connectivity index (χ4n) is 3.44. The molecule has 1 aromatic rings. The maximum Gasteiger partial charge on any atom is 0.319 e. The van der Waals surface area contributed by atoms with E-state index in [1.54, 1.807) is 0 Å². The first-order valence-corrected chi connectivity index (χ1v) is 7.82. The molecule has 4 nitrogen and oxygen atoms in total. The van der Waals surface area contributed by atoms with Crippen LogP contribution in [0.2, 0.25) is 0 Å². The number of hydrogen-bond acceptors (Lipinski definition) is 2. The number of aryl methyl sites for hydroxylation is 2. The fraction of sp³-hybridized carbons (Fsp3) is 0.588. The van der Waals surface area contributed by atoms with Crippen LogP contribution in [0.4, 0.5) is 10.5 Å². The lowest BCUT2D eigenvalue weighted by Crippen LogP contribution is -2.57. The van der Waals surface area contributed by atoms with Crippen LogP contribution in [0.15, 0.2) is 18.2 Å². The molecular weight excluding hydrogens is 264 g/mol. The summed E-state index contributed by atoms with van der Waals surface area (Å²) in [5.74, 6) is 0. The summed E-state index contributed by atoms with van der Waals surface area (Å²) in [6, 6.07) is 6.21. The molecule has 1 aromatic carbocycles. The molecule has 0 bridgehead atoms. The van der Waals surface area contributed by atoms with Crippen LogP contribution in [0, 0.1) is 19.3 Å². The third kappa shape index (κ3) is 2.91. The highest BCUT2D eigenvalue weighted by molar-refractivity contribution is 5.89. The van der Waals surface area contributed by atoms with E-state index in [9.17, 15) is 4.79 Å². The molecule has 1 atom stereocenters. The Bertz CT molecular complexity index is 536. The monoisotopic (exact) mass is 288 g/mol. The number of hydrogen-bond donors (Lipinski definition) is 2. The highest BCUT2D eigenvalue weighted by atomic mass is 16.5. The Balaban J connectivity index is 1.58. The van der Waals surface area contributed by atoms with Gasteiger partial charge in [0.05, 0.1) is 0 Å². The number of nitrogens with one attached hydrogen (secondary N) is 2. The SMILES string of the molecule is Cc1ccc(NC(=O)NC2CCC23CCOCC3)cc1C. The molecule has 1 heterocycles. The summed E-state index contributed by atoms with van der Waals surface area (Å²) >= 11 is 0. The quantitative estimate of drug-likeness (QED) is 0.876. The van der Waals surface area contributed by atoms with E-state index in [-0.39, 0.29) is 6.03 Å². The second kappa shape index (κ2) is 5.68. The predicted molar refractivity (Wildman–Crippen MR) is 83.6 cm³/mol. The third-order valence-electron chi connectivity index (χ3n) is 5.23. The Labute approximate surface area is 126 Å². The fourth-order valence-corrected chi connectivity index (χ4v) is 3.44. The molecule has 4 heteroatoms. The van der Waals surface area contributed by atoms with Gasteiger partial charge in [0.15, 0.2) is 0 Å². The number of ether oxygens (including phenoxy) is 1. The maximum atomic E-state index is 12.2. The van der Waals surface area contributed by atoms with E-state index in [1.807, 2.05) is 18.2 Å². The lowest BCUT2D eigenvalue weighted by molar-refractivity contribution is -0.0507. The van der Waals surface area contributed by atoms with Crippen molar-refractivity contribution in [2.75, 3.05) is 18.5 Å². The lowest BCUT2D eigenvalue weighted by atomic mass is 9.60. The number of rotatable bonds is 2. The van der Waals surface area contributed by atoms with E-state index in [2.05, 4.69) is 24.5 Å². The summed E-state index contributed by atoms with van der Waals surface area (Å²) in [6.45, 7) is 5.79. The summed E-state index contributed by atoms with van der Waals surface area (Å²) in [5.41, 5.74) is 3.58. The van der Waals surface area contributed by atoms with E-state index in [0.29, 0.717) is 11.5 Å². The molecule has 1 spiro atoms. The summed E-state index contributed by atoms with van der Waals surface area (Å²) < 4.78 is 5.45. The van der Waals surface area contributed by atoms with Gasteiger partial charge in [-0.25, -0.2) is 4.79 Å². The van der Waals surface area contributed by atoms with Crippen LogP contribution in [0.3, 0.4) is 0 Å². The number of carbonyl (C=O) groups is 1. The molecule has 114 valence electrons. The molecule has 2 aliphatic rings. The minimum absolute atomic E-state index is 0.0891. The average Bonchev–Trinajstić information content (AvgIpc) is 2.48. The van der Waals surface area contributed by atoms with Gasteiger partial charge in [-0.3, -0.25) is 0 Å². The largest absolute Gasteiger partial charge is 0.381 e. The number of carbonyl (C=O) groups excluding carboxylic acids is 1. The zero-order valence-corrected chi connectivity index (χ0v) is 12.9. The van der Waals surface area contributed by atoms with Gasteiger partial charge in [-0.15, -0.1) is 0 Å². The highest BCUT2D eigenvalue weighted by Crippen LogP contribution is 2.48. The van der Waals surface area contributed by atoms with Crippen molar-refractivity contribution >= 4 is 11.7 Å². The van der Waals surface area contributed by atoms with Crippen molar-refractivity contribution in [1.29, 1.82) is 0 Å². The molecule has 1 aliphatic heterocycles. The van der Waals surface area contributed by atoms with Gasteiger partial charge in [-0.1, -0.05) is 6.07 Å². The van der Waals surface area contributed by atoms with E-state index in [4.69, 9.17) is 4.74 Å². The predicted octanol–water partition coefficient (Wildman–Crippen LogP) is 3.38. The normalized spacial score (nSPS) is 23.4. The first-order valence-electron chi connectivity index (χ1n) is 7.82. The van der Waals surface area contributed by atoms with Gasteiger partial charge >= 0.3 is 6.03 Å². The van der Waals surface area contributed by atoms with Crippen LogP contribution >= 0.6 is 0 Å². The average molecular weight is 288 g/mol. The molecule has 1 saturated heterocycles. The van der Waals surface area contributed by atoms with Crippen molar-refractivity contribution < 1.29 is 9.53 Å². The van der Waals surface area contributed by atoms with Gasteiger partial charge in [0.25, 0.3) is 0 Å². The van der Waals surface area contributed by atoms with E-state index in [1.165, 1.54) is 17.5 Å². The second-order valence-electron chi connectivity index (χ2n) is 6.46. The molecule has 3 rings (SSSR count). The molecule has 1 aliphatic carbocycles. The van der Waals surface area contributed by atoms with Crippen LogP contribution in [0.5, 0.6) is 0 Å². The zero-order chi connectivity index (χ0) is 14.9. The van der Waals surface area contributed by atoms with Crippen LogP contribution < -0.4 is 10.6 Å². The molecular formula is C17H24N2O2. The number of benzene rings is 1. The molecule has 21 heavy (non-hydrogen) atoms. The van der Waals surface area contributed by atoms with E-state index in [0.717, 1.165) is 38.2 Å². The second-order valence-corrected chi connectivity index (χ2v) is 6.46. The Morgan fingerprint density at radius 3 is 2.57 bits per heavy atom. The highest BCUT2D eigenvalue weighted by Gasteiger charge is 2.47. The van der Waals surface area contributed by atoms with Crippen molar-refractivity contribution in [2.45, 2.75) is 45.6 Å². The lowest BCUT2D eigenvalue weighted by Gasteiger charge is -2.51. The van der Waals surface area contributed by atoms with Gasteiger partial charge in [-0.2, -0.15) is 0 Å². The molecule has 0 radical (unpaired) electrons. The van der Waals surface area contributed by atoms with E-state index >= 15 is 0 Å². The first-order chi connectivity index (χ1) is 10.1. The minimum Gasteiger partial charge on any atom is -0.381 e. The van der Waals surface area contributed by atoms with Crippen LogP contribution in [0.25, 0.3) is 0 Å². The number of urea groups is 1. The summed E-state index contributed by atoms with van der Waals surface area (Å²) in [4.78, 5) is 12.2. The van der Waals surface area contributed by atoms with Crippen LogP contribution in [-0.4, -0.2) is 25.3 Å². The molecule has 2 N–H and O–H groups in total. The van der Waals surface area contributed by atoms with Gasteiger partial charge in [0.2, 0.25) is 0 Å². The van der Waals surface area contributed by atoms with Gasteiger partial charge < -0.3 is 15.4 Å². The molecule has 1 unspecified atom stereocenters. The Hall–Kier alpha value is -1.55. The molecule has 2 fully saturated rings. The molecule has 1 saturated carbocycles. The summed E-state index contributed by atoms with van der Waals surface area (Å²) in [5, 5.41) is 6.10. The summed E-state index contributed by atoms with van der Waals surface area (Å²) in [6.07, 6.45) is 4.44. The number of amides is 2.